The maximum absolute atomic E-state index is 12.4. The number of nitrogens with one attached hydrogen (secondary N) is 2. The minimum absolute atomic E-state index is 0.199. The highest BCUT2D eigenvalue weighted by atomic mass is 16.1. The van der Waals surface area contributed by atoms with Crippen molar-refractivity contribution in [3.63, 3.8) is 0 Å². The fraction of sp³-hybridized carbons (Fsp3) is 0.667. The van der Waals surface area contributed by atoms with Crippen LogP contribution in [0.3, 0.4) is 0 Å². The van der Waals surface area contributed by atoms with E-state index in [-0.39, 0.29) is 17.2 Å². The average Bonchev–Trinajstić information content (AvgIpc) is 2.62. The molecule has 4 heteroatoms. The van der Waals surface area contributed by atoms with Gasteiger partial charge in [0.1, 0.15) is 0 Å². The molecule has 2 aliphatic heterocycles. The van der Waals surface area contributed by atoms with E-state index in [4.69, 9.17) is 0 Å². The van der Waals surface area contributed by atoms with E-state index < -0.39 is 0 Å². The maximum Gasteiger partial charge on any atom is 0.223 e. The first kappa shape index (κ1) is 18.2. The second-order valence-corrected chi connectivity index (χ2v) is 8.59. The molecular formula is C21H33N3O. The molecule has 0 aliphatic carbocycles. The van der Waals surface area contributed by atoms with Gasteiger partial charge in [-0.15, -0.1) is 0 Å². The number of anilines is 1. The van der Waals surface area contributed by atoms with Crippen molar-refractivity contribution in [2.45, 2.75) is 57.9 Å². The van der Waals surface area contributed by atoms with Crippen LogP contribution in [0.15, 0.2) is 24.3 Å². The number of nitrogens with zero attached hydrogens (tertiary/aromatic N) is 1. The third kappa shape index (κ3) is 4.75. The Labute approximate surface area is 152 Å². The van der Waals surface area contributed by atoms with Crippen LogP contribution in [0.4, 0.5) is 5.69 Å². The van der Waals surface area contributed by atoms with Crippen molar-refractivity contribution in [3.05, 3.63) is 29.8 Å². The first-order valence-corrected chi connectivity index (χ1v) is 9.80. The van der Waals surface area contributed by atoms with Crippen LogP contribution in [0, 0.1) is 5.92 Å². The molecule has 3 rings (SSSR count). The van der Waals surface area contributed by atoms with Crippen molar-refractivity contribution < 1.29 is 4.79 Å². The van der Waals surface area contributed by atoms with Gasteiger partial charge in [-0.2, -0.15) is 0 Å². The summed E-state index contributed by atoms with van der Waals surface area (Å²) in [4.78, 5) is 14.8. The Balaban J connectivity index is 1.49. The first-order chi connectivity index (χ1) is 11.9. The Morgan fingerprint density at radius 3 is 2.20 bits per heavy atom. The summed E-state index contributed by atoms with van der Waals surface area (Å²) in [5.41, 5.74) is 2.88. The predicted octanol–water partition coefficient (Wildman–Crippen LogP) is 3.07. The minimum atomic E-state index is 0.199. The number of carbonyl (C=O) groups excluding carboxylic acids is 1. The minimum Gasteiger partial charge on any atom is -0.371 e. The standard InChI is InChI=1S/C21H33N3O/c1-21(2,3)17-4-6-19(7-5-17)24-14-10-18(11-15-24)23-20(25)16-8-12-22-13-9-16/h4-7,16,18,22H,8-15H2,1-3H3,(H,23,25). The van der Waals surface area contributed by atoms with Crippen LogP contribution < -0.4 is 15.5 Å². The summed E-state index contributed by atoms with van der Waals surface area (Å²) in [6.07, 6.45) is 4.03. The van der Waals surface area contributed by atoms with E-state index in [1.807, 2.05) is 0 Å². The third-order valence-corrected chi connectivity index (χ3v) is 5.65. The van der Waals surface area contributed by atoms with Gasteiger partial charge in [0, 0.05) is 30.7 Å². The molecule has 138 valence electrons. The molecule has 2 heterocycles. The molecule has 1 aromatic carbocycles. The molecule has 0 radical (unpaired) electrons. The highest BCUT2D eigenvalue weighted by Crippen LogP contribution is 2.26. The zero-order valence-corrected chi connectivity index (χ0v) is 16.0. The summed E-state index contributed by atoms with van der Waals surface area (Å²) < 4.78 is 0. The normalized spacial score (nSPS) is 20.5. The van der Waals surface area contributed by atoms with Gasteiger partial charge in [-0.25, -0.2) is 0 Å². The molecule has 2 aliphatic rings. The highest BCUT2D eigenvalue weighted by Gasteiger charge is 2.26. The number of piperidine rings is 2. The van der Waals surface area contributed by atoms with Gasteiger partial charge in [0.25, 0.3) is 0 Å². The van der Waals surface area contributed by atoms with Crippen molar-refractivity contribution in [1.29, 1.82) is 0 Å². The number of carbonyl (C=O) groups is 1. The molecule has 0 spiro atoms. The molecule has 2 saturated heterocycles. The maximum atomic E-state index is 12.4. The fourth-order valence-corrected chi connectivity index (χ4v) is 3.86. The lowest BCUT2D eigenvalue weighted by Crippen LogP contribution is -2.47. The van der Waals surface area contributed by atoms with Gasteiger partial charge in [0.2, 0.25) is 5.91 Å². The molecule has 2 N–H and O–H groups in total. The van der Waals surface area contributed by atoms with E-state index in [9.17, 15) is 4.79 Å². The predicted molar refractivity (Wildman–Crippen MR) is 104 cm³/mol. The highest BCUT2D eigenvalue weighted by molar-refractivity contribution is 5.79. The van der Waals surface area contributed by atoms with Gasteiger partial charge >= 0.3 is 0 Å². The molecule has 1 amide bonds. The van der Waals surface area contributed by atoms with Gasteiger partial charge in [-0.1, -0.05) is 32.9 Å². The van der Waals surface area contributed by atoms with Gasteiger partial charge in [-0.05, 0) is 61.9 Å². The van der Waals surface area contributed by atoms with Crippen LogP contribution in [0.25, 0.3) is 0 Å². The van der Waals surface area contributed by atoms with Gasteiger partial charge in [0.05, 0.1) is 0 Å². The molecule has 1 aromatic rings. The van der Waals surface area contributed by atoms with E-state index in [0.29, 0.717) is 6.04 Å². The smallest absolute Gasteiger partial charge is 0.223 e. The largest absolute Gasteiger partial charge is 0.371 e. The summed E-state index contributed by atoms with van der Waals surface area (Å²) in [5, 5.41) is 6.62. The SMILES string of the molecule is CC(C)(C)c1ccc(N2CCC(NC(=O)C3CCNCC3)CC2)cc1. The quantitative estimate of drug-likeness (QED) is 0.886. The lowest BCUT2D eigenvalue weighted by Gasteiger charge is -2.35. The van der Waals surface area contributed by atoms with Crippen LogP contribution in [0.5, 0.6) is 0 Å². The van der Waals surface area contributed by atoms with E-state index >= 15 is 0 Å². The summed E-state index contributed by atoms with van der Waals surface area (Å²) in [6, 6.07) is 9.33. The molecule has 0 saturated carbocycles. The Morgan fingerprint density at radius 1 is 1.04 bits per heavy atom. The fourth-order valence-electron chi connectivity index (χ4n) is 3.86. The van der Waals surface area contributed by atoms with Gasteiger partial charge in [-0.3, -0.25) is 4.79 Å². The molecular weight excluding hydrogens is 310 g/mol. The summed E-state index contributed by atoms with van der Waals surface area (Å²) in [6.45, 7) is 10.7. The molecule has 0 aromatic heterocycles. The second-order valence-electron chi connectivity index (χ2n) is 8.59. The van der Waals surface area contributed by atoms with Crippen LogP contribution in [0.2, 0.25) is 0 Å². The van der Waals surface area contributed by atoms with Crippen molar-refractivity contribution in [2.24, 2.45) is 5.92 Å². The lowest BCUT2D eigenvalue weighted by atomic mass is 9.87. The number of hydrogen-bond donors (Lipinski definition) is 2. The summed E-state index contributed by atoms with van der Waals surface area (Å²) in [7, 11) is 0. The van der Waals surface area contributed by atoms with Crippen molar-refractivity contribution >= 4 is 11.6 Å². The van der Waals surface area contributed by atoms with Crippen molar-refractivity contribution in [3.8, 4) is 0 Å². The molecule has 2 fully saturated rings. The summed E-state index contributed by atoms with van der Waals surface area (Å²) in [5.74, 6) is 0.485. The first-order valence-electron chi connectivity index (χ1n) is 9.80. The number of hydrogen-bond acceptors (Lipinski definition) is 3. The third-order valence-electron chi connectivity index (χ3n) is 5.65. The van der Waals surface area contributed by atoms with Crippen molar-refractivity contribution in [2.75, 3.05) is 31.1 Å². The van der Waals surface area contributed by atoms with Crippen LogP contribution in [0.1, 0.15) is 52.0 Å². The summed E-state index contributed by atoms with van der Waals surface area (Å²) >= 11 is 0. The molecule has 0 atom stereocenters. The molecule has 25 heavy (non-hydrogen) atoms. The average molecular weight is 344 g/mol. The van der Waals surface area contributed by atoms with Crippen LogP contribution >= 0.6 is 0 Å². The van der Waals surface area contributed by atoms with E-state index in [1.165, 1.54) is 11.3 Å². The Morgan fingerprint density at radius 2 is 1.64 bits per heavy atom. The Kier molecular flexibility index (Phi) is 5.67. The van der Waals surface area contributed by atoms with E-state index in [2.05, 4.69) is 60.6 Å². The van der Waals surface area contributed by atoms with Crippen LogP contribution in [-0.4, -0.2) is 38.1 Å². The zero-order chi connectivity index (χ0) is 17.9. The Hall–Kier alpha value is -1.55. The number of benzene rings is 1. The topological polar surface area (TPSA) is 44.4 Å². The van der Waals surface area contributed by atoms with E-state index in [1.54, 1.807) is 0 Å². The zero-order valence-electron chi connectivity index (χ0n) is 16.0. The number of amides is 1. The molecule has 0 bridgehead atoms. The lowest BCUT2D eigenvalue weighted by molar-refractivity contribution is -0.126. The Bertz CT molecular complexity index is 562. The van der Waals surface area contributed by atoms with E-state index in [0.717, 1.165) is 51.9 Å². The van der Waals surface area contributed by atoms with Gasteiger partial charge < -0.3 is 15.5 Å². The van der Waals surface area contributed by atoms with Gasteiger partial charge in [0.15, 0.2) is 0 Å². The molecule has 0 unspecified atom stereocenters. The molecule has 4 nitrogen and oxygen atoms in total. The monoisotopic (exact) mass is 343 g/mol. The van der Waals surface area contributed by atoms with Crippen LogP contribution in [-0.2, 0) is 10.2 Å². The number of rotatable bonds is 3. The van der Waals surface area contributed by atoms with Crippen molar-refractivity contribution in [1.82, 2.24) is 10.6 Å². The second kappa shape index (κ2) is 7.77.